The van der Waals surface area contributed by atoms with Crippen LogP contribution in [0.1, 0.15) is 50.4 Å². The van der Waals surface area contributed by atoms with Crippen LogP contribution in [0.5, 0.6) is 0 Å². The Morgan fingerprint density at radius 2 is 1.74 bits per heavy atom. The number of aryl methyl sites for hydroxylation is 1. The molecule has 0 unspecified atom stereocenters. The summed E-state index contributed by atoms with van der Waals surface area (Å²) in [7, 11) is 0. The normalized spacial score (nSPS) is 13.0. The molecule has 0 atom stereocenters. The average Bonchev–Trinajstić information content (AvgIpc) is 2.94. The molecule has 31 heavy (non-hydrogen) atoms. The van der Waals surface area contributed by atoms with Crippen LogP contribution in [0.3, 0.4) is 0 Å². The van der Waals surface area contributed by atoms with Crippen LogP contribution < -0.4 is 10.6 Å². The van der Waals surface area contributed by atoms with Crippen molar-refractivity contribution in [3.8, 4) is 0 Å². The molecule has 4 rings (SSSR count). The van der Waals surface area contributed by atoms with Crippen molar-refractivity contribution in [1.29, 1.82) is 0 Å². The molecule has 0 aliphatic heterocycles. The van der Waals surface area contributed by atoms with Crippen molar-refractivity contribution in [3.63, 3.8) is 0 Å². The van der Waals surface area contributed by atoms with Crippen molar-refractivity contribution in [2.24, 2.45) is 0 Å². The third-order valence-electron chi connectivity index (χ3n) is 5.13. The number of para-hydroxylation sites is 1. The standard InChI is InChI=1S/C22H20N4O4S/c27-20(14-8-4-5-10-16(14)26(29)30)25-22-19(15-9-2-1-3-11-17(15)31-22)21(28)24-18-12-6-7-13-23-18/h4-8,10,12-13H,1-3,9,11H2,(H,25,27)(H,23,24,28). The van der Waals surface area contributed by atoms with Crippen LogP contribution >= 0.6 is 11.3 Å². The zero-order valence-electron chi connectivity index (χ0n) is 16.6. The van der Waals surface area contributed by atoms with Gasteiger partial charge in [0.25, 0.3) is 17.5 Å². The number of rotatable bonds is 5. The van der Waals surface area contributed by atoms with E-state index in [0.29, 0.717) is 16.4 Å². The number of nitrogens with zero attached hydrogens (tertiary/aromatic N) is 2. The van der Waals surface area contributed by atoms with E-state index in [1.807, 2.05) is 0 Å². The number of aromatic nitrogens is 1. The monoisotopic (exact) mass is 436 g/mol. The highest BCUT2D eigenvalue weighted by molar-refractivity contribution is 7.17. The number of carbonyl (C=O) groups excluding carboxylic acids is 2. The molecule has 1 aliphatic carbocycles. The summed E-state index contributed by atoms with van der Waals surface area (Å²) in [6.07, 6.45) is 6.24. The zero-order valence-corrected chi connectivity index (χ0v) is 17.4. The summed E-state index contributed by atoms with van der Waals surface area (Å²) < 4.78 is 0. The number of fused-ring (bicyclic) bond motifs is 1. The molecule has 1 aromatic carbocycles. The van der Waals surface area contributed by atoms with Crippen LogP contribution in [-0.4, -0.2) is 21.7 Å². The Morgan fingerprint density at radius 1 is 0.968 bits per heavy atom. The molecule has 0 bridgehead atoms. The molecule has 0 saturated carbocycles. The van der Waals surface area contributed by atoms with Gasteiger partial charge in [0.2, 0.25) is 0 Å². The van der Waals surface area contributed by atoms with E-state index in [-0.39, 0.29) is 17.2 Å². The minimum absolute atomic E-state index is 0.0489. The van der Waals surface area contributed by atoms with Gasteiger partial charge in [0.05, 0.1) is 10.5 Å². The van der Waals surface area contributed by atoms with Gasteiger partial charge >= 0.3 is 0 Å². The number of nitrogens with one attached hydrogen (secondary N) is 2. The van der Waals surface area contributed by atoms with Crippen LogP contribution in [0.4, 0.5) is 16.5 Å². The summed E-state index contributed by atoms with van der Waals surface area (Å²) in [5, 5.41) is 17.3. The molecular weight excluding hydrogens is 416 g/mol. The van der Waals surface area contributed by atoms with Gasteiger partial charge in [-0.3, -0.25) is 19.7 Å². The lowest BCUT2D eigenvalue weighted by Crippen LogP contribution is -2.19. The molecule has 0 radical (unpaired) electrons. The number of anilines is 2. The lowest BCUT2D eigenvalue weighted by molar-refractivity contribution is -0.385. The molecular formula is C22H20N4O4S. The number of pyridine rings is 1. The molecule has 2 heterocycles. The van der Waals surface area contributed by atoms with Gasteiger partial charge in [-0.05, 0) is 49.4 Å². The Hall–Kier alpha value is -3.59. The molecule has 0 spiro atoms. The first-order chi connectivity index (χ1) is 15.0. The van der Waals surface area contributed by atoms with Crippen LogP contribution in [0, 0.1) is 10.1 Å². The number of carbonyl (C=O) groups is 2. The summed E-state index contributed by atoms with van der Waals surface area (Å²) in [6, 6.07) is 11.0. The predicted molar refractivity (Wildman–Crippen MR) is 119 cm³/mol. The quantitative estimate of drug-likeness (QED) is 0.338. The molecule has 0 saturated heterocycles. The molecule has 2 N–H and O–H groups in total. The minimum atomic E-state index is -0.615. The first-order valence-electron chi connectivity index (χ1n) is 9.96. The Morgan fingerprint density at radius 3 is 2.52 bits per heavy atom. The van der Waals surface area contributed by atoms with E-state index >= 15 is 0 Å². The highest BCUT2D eigenvalue weighted by Crippen LogP contribution is 2.38. The fraction of sp³-hybridized carbons (Fsp3) is 0.227. The maximum absolute atomic E-state index is 13.2. The number of hydrogen-bond acceptors (Lipinski definition) is 6. The summed E-state index contributed by atoms with van der Waals surface area (Å²) >= 11 is 1.37. The SMILES string of the molecule is O=C(Nc1sc2c(c1C(=O)Nc1ccccn1)CCCCC2)c1ccccc1[N+](=O)[O-]. The van der Waals surface area contributed by atoms with Gasteiger partial charge in [0.1, 0.15) is 16.4 Å². The van der Waals surface area contributed by atoms with Gasteiger partial charge in [0, 0.05) is 17.1 Å². The van der Waals surface area contributed by atoms with Crippen LogP contribution in [0.25, 0.3) is 0 Å². The number of nitro benzene ring substituents is 1. The average molecular weight is 436 g/mol. The van der Waals surface area contributed by atoms with Crippen molar-refractivity contribution < 1.29 is 14.5 Å². The van der Waals surface area contributed by atoms with Crippen LogP contribution in [0.15, 0.2) is 48.7 Å². The Bertz CT molecular complexity index is 1140. The lowest BCUT2D eigenvalue weighted by Gasteiger charge is -2.10. The molecule has 2 aromatic heterocycles. The molecule has 1 aliphatic rings. The fourth-order valence-corrected chi connectivity index (χ4v) is 4.96. The number of benzene rings is 1. The Labute approximate surface area is 182 Å². The highest BCUT2D eigenvalue weighted by Gasteiger charge is 2.27. The van der Waals surface area contributed by atoms with E-state index in [1.54, 1.807) is 30.5 Å². The maximum atomic E-state index is 13.2. The van der Waals surface area contributed by atoms with Gasteiger partial charge in [-0.1, -0.05) is 24.6 Å². The maximum Gasteiger partial charge on any atom is 0.282 e. The first kappa shape index (κ1) is 20.7. The third kappa shape index (κ3) is 4.46. The predicted octanol–water partition coefficient (Wildman–Crippen LogP) is 4.82. The van der Waals surface area contributed by atoms with Crippen LogP contribution in [-0.2, 0) is 12.8 Å². The molecule has 3 aromatic rings. The van der Waals surface area contributed by atoms with Gasteiger partial charge in [-0.25, -0.2) is 4.98 Å². The third-order valence-corrected chi connectivity index (χ3v) is 6.33. The molecule has 0 fully saturated rings. The molecule has 9 heteroatoms. The van der Waals surface area contributed by atoms with E-state index in [9.17, 15) is 19.7 Å². The van der Waals surface area contributed by atoms with Crippen molar-refractivity contribution >= 4 is 39.7 Å². The van der Waals surface area contributed by atoms with Crippen molar-refractivity contribution in [2.75, 3.05) is 10.6 Å². The van der Waals surface area contributed by atoms with Crippen LogP contribution in [0.2, 0.25) is 0 Å². The van der Waals surface area contributed by atoms with E-state index in [4.69, 9.17) is 0 Å². The summed E-state index contributed by atoms with van der Waals surface area (Å²) in [5.41, 5.74) is 1.03. The topological polar surface area (TPSA) is 114 Å². The molecule has 2 amide bonds. The van der Waals surface area contributed by atoms with E-state index in [2.05, 4.69) is 15.6 Å². The second-order valence-corrected chi connectivity index (χ2v) is 8.27. The summed E-state index contributed by atoms with van der Waals surface area (Å²) in [4.78, 5) is 42.0. The van der Waals surface area contributed by atoms with Gasteiger partial charge < -0.3 is 10.6 Å². The second-order valence-electron chi connectivity index (χ2n) is 7.17. The van der Waals surface area contributed by atoms with E-state index in [1.165, 1.54) is 29.5 Å². The molecule has 158 valence electrons. The smallest absolute Gasteiger partial charge is 0.282 e. The van der Waals surface area contributed by atoms with Gasteiger partial charge in [-0.2, -0.15) is 0 Å². The Kier molecular flexibility index (Phi) is 6.03. The van der Waals surface area contributed by atoms with Crippen molar-refractivity contribution in [2.45, 2.75) is 32.1 Å². The highest BCUT2D eigenvalue weighted by atomic mass is 32.1. The summed E-state index contributed by atoms with van der Waals surface area (Å²) in [5.74, 6) is -0.552. The number of thiophene rings is 1. The number of amides is 2. The van der Waals surface area contributed by atoms with Gasteiger partial charge in [-0.15, -0.1) is 11.3 Å². The fourth-order valence-electron chi connectivity index (χ4n) is 3.68. The van der Waals surface area contributed by atoms with Crippen molar-refractivity contribution in [3.05, 3.63) is 80.3 Å². The number of hydrogen-bond donors (Lipinski definition) is 2. The number of nitro groups is 1. The zero-order chi connectivity index (χ0) is 21.8. The summed E-state index contributed by atoms with van der Waals surface area (Å²) in [6.45, 7) is 0. The van der Waals surface area contributed by atoms with Crippen molar-refractivity contribution in [1.82, 2.24) is 4.98 Å². The van der Waals surface area contributed by atoms with E-state index in [0.717, 1.165) is 42.5 Å². The lowest BCUT2D eigenvalue weighted by atomic mass is 10.0. The van der Waals surface area contributed by atoms with Gasteiger partial charge in [0.15, 0.2) is 0 Å². The first-order valence-corrected chi connectivity index (χ1v) is 10.8. The minimum Gasteiger partial charge on any atom is -0.313 e. The second kappa shape index (κ2) is 9.05. The Balaban J connectivity index is 1.70. The van der Waals surface area contributed by atoms with E-state index < -0.39 is 10.8 Å². The molecule has 8 nitrogen and oxygen atoms in total. The largest absolute Gasteiger partial charge is 0.313 e.